The number of nitro groups is 1. The molecule has 0 heterocycles. The standard InChI is InChI=1S/C19H18F3N3O5/c1-30-16-7-4-13(10-15(16)25(28)29)18(27)24-11-17(26)23-9-8-12-2-5-14(6-3-12)19(20,21)22/h2-7,10H,8-9,11H2,1H3,(H,23,26)(H,24,27). The molecule has 0 aliphatic rings. The van der Waals surface area contributed by atoms with Gasteiger partial charge in [-0.1, -0.05) is 12.1 Å². The number of carbonyl (C=O) groups is 2. The van der Waals surface area contributed by atoms with Gasteiger partial charge in [0.1, 0.15) is 0 Å². The summed E-state index contributed by atoms with van der Waals surface area (Å²) in [5.41, 5.74) is -0.541. The van der Waals surface area contributed by atoms with Gasteiger partial charge in [-0.05, 0) is 36.2 Å². The monoisotopic (exact) mass is 425 g/mol. The van der Waals surface area contributed by atoms with Crippen LogP contribution < -0.4 is 15.4 Å². The Morgan fingerprint density at radius 3 is 2.33 bits per heavy atom. The zero-order valence-electron chi connectivity index (χ0n) is 15.8. The van der Waals surface area contributed by atoms with Crippen molar-refractivity contribution in [2.45, 2.75) is 12.6 Å². The summed E-state index contributed by atoms with van der Waals surface area (Å²) < 4.78 is 42.4. The Morgan fingerprint density at radius 1 is 1.10 bits per heavy atom. The first kappa shape index (κ1) is 22.7. The second-order valence-electron chi connectivity index (χ2n) is 6.12. The average Bonchev–Trinajstić information content (AvgIpc) is 2.71. The molecule has 0 aromatic heterocycles. The Bertz CT molecular complexity index is 930. The van der Waals surface area contributed by atoms with Gasteiger partial charge in [-0.2, -0.15) is 13.2 Å². The molecule has 30 heavy (non-hydrogen) atoms. The van der Waals surface area contributed by atoms with Crippen molar-refractivity contribution in [3.63, 3.8) is 0 Å². The van der Waals surface area contributed by atoms with Gasteiger partial charge in [0, 0.05) is 18.2 Å². The predicted octanol–water partition coefficient (Wildman–Crippen LogP) is 2.71. The van der Waals surface area contributed by atoms with Crippen LogP contribution in [0.2, 0.25) is 0 Å². The summed E-state index contributed by atoms with van der Waals surface area (Å²) in [6.45, 7) is -0.209. The third-order valence-corrected chi connectivity index (χ3v) is 4.06. The van der Waals surface area contributed by atoms with E-state index in [2.05, 4.69) is 10.6 Å². The largest absolute Gasteiger partial charge is 0.490 e. The number of ether oxygens (including phenoxy) is 1. The number of hydrogen-bond acceptors (Lipinski definition) is 5. The van der Waals surface area contributed by atoms with Crippen molar-refractivity contribution in [2.24, 2.45) is 0 Å². The minimum Gasteiger partial charge on any atom is -0.490 e. The molecule has 2 rings (SSSR count). The van der Waals surface area contributed by atoms with Gasteiger partial charge in [0.05, 0.1) is 24.1 Å². The smallest absolute Gasteiger partial charge is 0.416 e. The van der Waals surface area contributed by atoms with Gasteiger partial charge in [0.15, 0.2) is 5.75 Å². The molecule has 0 radical (unpaired) electrons. The van der Waals surface area contributed by atoms with E-state index in [1.165, 1.54) is 31.4 Å². The molecular weight excluding hydrogens is 407 g/mol. The molecule has 0 aliphatic heterocycles. The third-order valence-electron chi connectivity index (χ3n) is 4.06. The number of amides is 2. The summed E-state index contributed by atoms with van der Waals surface area (Å²) in [6.07, 6.45) is -4.10. The molecule has 2 aromatic carbocycles. The maximum atomic E-state index is 12.5. The highest BCUT2D eigenvalue weighted by molar-refractivity contribution is 5.97. The van der Waals surface area contributed by atoms with Crippen LogP contribution in [0.4, 0.5) is 18.9 Å². The van der Waals surface area contributed by atoms with Crippen molar-refractivity contribution >= 4 is 17.5 Å². The maximum Gasteiger partial charge on any atom is 0.416 e. The van der Waals surface area contributed by atoms with Crippen molar-refractivity contribution < 1.29 is 32.4 Å². The number of halogens is 3. The van der Waals surface area contributed by atoms with Crippen molar-refractivity contribution in [2.75, 3.05) is 20.2 Å². The van der Waals surface area contributed by atoms with E-state index in [-0.39, 0.29) is 30.1 Å². The average molecular weight is 425 g/mol. The lowest BCUT2D eigenvalue weighted by Crippen LogP contribution is -2.37. The number of hydrogen-bond donors (Lipinski definition) is 2. The minimum absolute atomic E-state index is 0.00226. The van der Waals surface area contributed by atoms with E-state index in [0.29, 0.717) is 12.0 Å². The van der Waals surface area contributed by atoms with Crippen molar-refractivity contribution in [3.05, 3.63) is 69.3 Å². The molecule has 0 unspecified atom stereocenters. The first-order valence-electron chi connectivity index (χ1n) is 8.65. The molecule has 8 nitrogen and oxygen atoms in total. The van der Waals surface area contributed by atoms with Crippen LogP contribution in [0.1, 0.15) is 21.5 Å². The van der Waals surface area contributed by atoms with Gasteiger partial charge in [0.2, 0.25) is 5.91 Å². The number of rotatable bonds is 8. The van der Waals surface area contributed by atoms with Crippen LogP contribution in [-0.2, 0) is 17.4 Å². The van der Waals surface area contributed by atoms with Crippen LogP contribution in [0.5, 0.6) is 5.75 Å². The topological polar surface area (TPSA) is 111 Å². The predicted molar refractivity (Wildman–Crippen MR) is 100 cm³/mol. The molecule has 0 saturated carbocycles. The fourth-order valence-electron chi connectivity index (χ4n) is 2.51. The zero-order chi connectivity index (χ0) is 22.3. The first-order valence-corrected chi connectivity index (χ1v) is 8.65. The second-order valence-corrected chi connectivity index (χ2v) is 6.12. The third kappa shape index (κ3) is 6.19. The molecule has 0 spiro atoms. The highest BCUT2D eigenvalue weighted by Crippen LogP contribution is 2.29. The maximum absolute atomic E-state index is 12.5. The van der Waals surface area contributed by atoms with E-state index in [1.54, 1.807) is 0 Å². The van der Waals surface area contributed by atoms with E-state index in [9.17, 15) is 32.9 Å². The molecule has 0 fully saturated rings. The highest BCUT2D eigenvalue weighted by Gasteiger charge is 2.29. The first-order chi connectivity index (χ1) is 14.1. The van der Waals surface area contributed by atoms with Crippen molar-refractivity contribution in [3.8, 4) is 5.75 Å². The Labute approximate surface area is 169 Å². The number of benzene rings is 2. The van der Waals surface area contributed by atoms with E-state index in [1.807, 2.05) is 0 Å². The molecule has 0 saturated heterocycles. The SMILES string of the molecule is COc1ccc(C(=O)NCC(=O)NCCc2ccc(C(F)(F)F)cc2)cc1[N+](=O)[O-]. The van der Waals surface area contributed by atoms with E-state index >= 15 is 0 Å². The number of carbonyl (C=O) groups excluding carboxylic acids is 2. The number of nitro benzene ring substituents is 1. The molecule has 2 amide bonds. The molecule has 2 aromatic rings. The van der Waals surface area contributed by atoms with Gasteiger partial charge >= 0.3 is 11.9 Å². The van der Waals surface area contributed by atoms with Crippen LogP contribution in [0, 0.1) is 10.1 Å². The zero-order valence-corrected chi connectivity index (χ0v) is 15.8. The summed E-state index contributed by atoms with van der Waals surface area (Å²) >= 11 is 0. The fraction of sp³-hybridized carbons (Fsp3) is 0.263. The quantitative estimate of drug-likeness (QED) is 0.499. The lowest BCUT2D eigenvalue weighted by molar-refractivity contribution is -0.385. The van der Waals surface area contributed by atoms with Gasteiger partial charge in [-0.3, -0.25) is 19.7 Å². The highest BCUT2D eigenvalue weighted by atomic mass is 19.4. The molecule has 11 heteroatoms. The molecule has 160 valence electrons. The molecule has 0 bridgehead atoms. The van der Waals surface area contributed by atoms with Gasteiger partial charge in [0.25, 0.3) is 5.91 Å². The van der Waals surface area contributed by atoms with E-state index in [0.717, 1.165) is 18.2 Å². The summed E-state index contributed by atoms with van der Waals surface area (Å²) in [4.78, 5) is 34.2. The van der Waals surface area contributed by atoms with Crippen molar-refractivity contribution in [1.29, 1.82) is 0 Å². The number of methoxy groups -OCH3 is 1. The Kier molecular flexibility index (Phi) is 7.34. The molecular formula is C19H18F3N3O5. The lowest BCUT2D eigenvalue weighted by Gasteiger charge is -2.09. The van der Waals surface area contributed by atoms with Crippen LogP contribution in [0.15, 0.2) is 42.5 Å². The number of nitrogens with one attached hydrogen (secondary N) is 2. The van der Waals surface area contributed by atoms with Gasteiger partial charge in [-0.15, -0.1) is 0 Å². The van der Waals surface area contributed by atoms with Crippen molar-refractivity contribution in [1.82, 2.24) is 10.6 Å². The van der Waals surface area contributed by atoms with Crippen LogP contribution in [0.3, 0.4) is 0 Å². The van der Waals surface area contributed by atoms with E-state index < -0.39 is 28.5 Å². The minimum atomic E-state index is -4.41. The Morgan fingerprint density at radius 2 is 1.77 bits per heavy atom. The van der Waals surface area contributed by atoms with Crippen LogP contribution in [-0.4, -0.2) is 36.9 Å². The van der Waals surface area contributed by atoms with Gasteiger partial charge in [-0.25, -0.2) is 0 Å². The van der Waals surface area contributed by atoms with E-state index in [4.69, 9.17) is 4.74 Å². The summed E-state index contributed by atoms with van der Waals surface area (Å²) in [7, 11) is 1.26. The normalized spacial score (nSPS) is 10.9. The molecule has 0 atom stereocenters. The lowest BCUT2D eigenvalue weighted by atomic mass is 10.1. The summed E-state index contributed by atoms with van der Waals surface area (Å²) in [5, 5.41) is 15.9. The fourth-order valence-corrected chi connectivity index (χ4v) is 2.51. The Hall–Kier alpha value is -3.63. The number of alkyl halides is 3. The number of nitrogens with zero attached hydrogens (tertiary/aromatic N) is 1. The summed E-state index contributed by atoms with van der Waals surface area (Å²) in [6, 6.07) is 8.22. The molecule has 0 aliphatic carbocycles. The second kappa shape index (κ2) is 9.72. The van der Waals surface area contributed by atoms with Gasteiger partial charge < -0.3 is 15.4 Å². The summed E-state index contributed by atoms with van der Waals surface area (Å²) in [5.74, 6) is -1.20. The Balaban J connectivity index is 1.81. The van der Waals surface area contributed by atoms with Crippen LogP contribution in [0.25, 0.3) is 0 Å². The van der Waals surface area contributed by atoms with Crippen LogP contribution >= 0.6 is 0 Å². The molecule has 2 N–H and O–H groups in total.